The summed E-state index contributed by atoms with van der Waals surface area (Å²) in [5.41, 5.74) is 2.72. The summed E-state index contributed by atoms with van der Waals surface area (Å²) < 4.78 is 7.07. The molecule has 0 aliphatic heterocycles. The van der Waals surface area contributed by atoms with Crippen molar-refractivity contribution in [3.63, 3.8) is 0 Å². The Kier molecular flexibility index (Phi) is 3.67. The van der Waals surface area contributed by atoms with Gasteiger partial charge in [-0.15, -0.1) is 0 Å². The van der Waals surface area contributed by atoms with Gasteiger partial charge in [-0.1, -0.05) is 12.1 Å². The van der Waals surface area contributed by atoms with Crippen LogP contribution in [0, 0.1) is 0 Å². The van der Waals surface area contributed by atoms with Crippen LogP contribution < -0.4 is 10.3 Å². The fourth-order valence-corrected chi connectivity index (χ4v) is 2.76. The molecule has 0 N–H and O–H groups in total. The van der Waals surface area contributed by atoms with Crippen molar-refractivity contribution >= 4 is 10.9 Å². The van der Waals surface area contributed by atoms with Crippen molar-refractivity contribution in [3.05, 3.63) is 59.1 Å². The summed E-state index contributed by atoms with van der Waals surface area (Å²) in [7, 11) is 1.63. The first kappa shape index (κ1) is 14.3. The molecule has 3 rings (SSSR count). The van der Waals surface area contributed by atoms with Crippen LogP contribution in [0.15, 0.2) is 53.6 Å². The lowest BCUT2D eigenvalue weighted by atomic mass is 10.0. The Morgan fingerprint density at radius 2 is 2.00 bits per heavy atom. The summed E-state index contributed by atoms with van der Waals surface area (Å²) in [5, 5.41) is 0.962. The van der Waals surface area contributed by atoms with Crippen LogP contribution in [0.3, 0.4) is 0 Å². The minimum atomic E-state index is -0.00785. The highest BCUT2D eigenvalue weighted by atomic mass is 16.5. The van der Waals surface area contributed by atoms with Crippen molar-refractivity contribution < 1.29 is 4.74 Å². The molecule has 2 aromatic heterocycles. The number of fused-ring (bicyclic) bond motifs is 1. The summed E-state index contributed by atoms with van der Waals surface area (Å²) in [6.07, 6.45) is 3.53. The van der Waals surface area contributed by atoms with Gasteiger partial charge < -0.3 is 9.30 Å². The van der Waals surface area contributed by atoms with Crippen LogP contribution >= 0.6 is 0 Å². The van der Waals surface area contributed by atoms with E-state index in [1.807, 2.05) is 50.4 Å². The average Bonchev–Trinajstić information content (AvgIpc) is 2.53. The average molecular weight is 294 g/mol. The molecule has 4 nitrogen and oxygen atoms in total. The predicted molar refractivity (Wildman–Crippen MR) is 88.4 cm³/mol. The number of methoxy groups -OCH3 is 1. The molecule has 0 spiro atoms. The monoisotopic (exact) mass is 294 g/mol. The molecule has 0 saturated heterocycles. The van der Waals surface area contributed by atoms with E-state index in [1.54, 1.807) is 23.9 Å². The molecule has 22 heavy (non-hydrogen) atoms. The molecule has 1 aromatic carbocycles. The summed E-state index contributed by atoms with van der Waals surface area (Å²) in [4.78, 5) is 16.8. The third-order valence-corrected chi connectivity index (χ3v) is 3.75. The van der Waals surface area contributed by atoms with Crippen LogP contribution in [0.4, 0.5) is 0 Å². The molecule has 0 saturated carbocycles. The zero-order chi connectivity index (χ0) is 15.7. The Bertz CT molecular complexity index is 882. The van der Waals surface area contributed by atoms with Gasteiger partial charge >= 0.3 is 0 Å². The van der Waals surface area contributed by atoms with Gasteiger partial charge in [-0.3, -0.25) is 9.78 Å². The molecule has 0 amide bonds. The lowest BCUT2D eigenvalue weighted by Crippen LogP contribution is -2.21. The summed E-state index contributed by atoms with van der Waals surface area (Å²) >= 11 is 0. The molecule has 4 heteroatoms. The molecule has 0 unspecified atom stereocenters. The largest absolute Gasteiger partial charge is 0.497 e. The number of rotatable bonds is 3. The zero-order valence-corrected chi connectivity index (χ0v) is 12.9. The van der Waals surface area contributed by atoms with Crippen molar-refractivity contribution in [1.82, 2.24) is 9.55 Å². The van der Waals surface area contributed by atoms with Crippen molar-refractivity contribution in [2.24, 2.45) is 0 Å². The number of pyridine rings is 2. The van der Waals surface area contributed by atoms with Gasteiger partial charge in [-0.25, -0.2) is 0 Å². The van der Waals surface area contributed by atoms with Crippen LogP contribution in [0.1, 0.15) is 19.9 Å². The summed E-state index contributed by atoms with van der Waals surface area (Å²) in [5.74, 6) is 0.766. The summed E-state index contributed by atoms with van der Waals surface area (Å²) in [6.45, 7) is 4.01. The van der Waals surface area contributed by atoms with Crippen LogP contribution in [0.25, 0.3) is 22.0 Å². The second-order valence-electron chi connectivity index (χ2n) is 5.48. The fourth-order valence-electron chi connectivity index (χ4n) is 2.76. The Hall–Kier alpha value is -2.62. The maximum Gasteiger partial charge on any atom is 0.251 e. The maximum absolute atomic E-state index is 12.5. The van der Waals surface area contributed by atoms with Gasteiger partial charge in [-0.05, 0) is 43.2 Å². The lowest BCUT2D eigenvalue weighted by molar-refractivity contribution is 0.415. The van der Waals surface area contributed by atoms with E-state index < -0.39 is 0 Å². The smallest absolute Gasteiger partial charge is 0.251 e. The van der Waals surface area contributed by atoms with Gasteiger partial charge in [0.2, 0.25) is 0 Å². The third kappa shape index (κ3) is 2.37. The highest BCUT2D eigenvalue weighted by Gasteiger charge is 2.12. The first-order valence-electron chi connectivity index (χ1n) is 7.25. The van der Waals surface area contributed by atoms with Gasteiger partial charge in [0.1, 0.15) is 5.75 Å². The first-order valence-corrected chi connectivity index (χ1v) is 7.25. The molecule has 0 atom stereocenters. The quantitative estimate of drug-likeness (QED) is 0.740. The molecular formula is C18H18N2O2. The van der Waals surface area contributed by atoms with Crippen LogP contribution in [-0.2, 0) is 0 Å². The van der Waals surface area contributed by atoms with Crippen LogP contribution in [-0.4, -0.2) is 16.7 Å². The number of hydrogen-bond acceptors (Lipinski definition) is 3. The standard InChI is InChI=1S/C18H18N2O2/c1-12(2)20-17-7-8-19-11-16(17)15(10-18(20)21)13-5-4-6-14(9-13)22-3/h4-12H,1-3H3. The Morgan fingerprint density at radius 3 is 2.73 bits per heavy atom. The second-order valence-corrected chi connectivity index (χ2v) is 5.48. The molecule has 0 bridgehead atoms. The molecule has 112 valence electrons. The Labute approximate surface area is 129 Å². The SMILES string of the molecule is COc1cccc(-c2cc(=O)n(C(C)C)c3ccncc23)c1. The van der Waals surface area contributed by atoms with Crippen LogP contribution in [0.5, 0.6) is 5.75 Å². The lowest BCUT2D eigenvalue weighted by Gasteiger charge is -2.16. The second kappa shape index (κ2) is 5.64. The molecule has 0 radical (unpaired) electrons. The van der Waals surface area contributed by atoms with Crippen LogP contribution in [0.2, 0.25) is 0 Å². The summed E-state index contributed by atoms with van der Waals surface area (Å²) in [6, 6.07) is 11.4. The molecule has 0 aliphatic rings. The van der Waals surface area contributed by atoms with Gasteiger partial charge in [0.25, 0.3) is 5.56 Å². The fraction of sp³-hybridized carbons (Fsp3) is 0.222. The number of ether oxygens (including phenoxy) is 1. The van der Waals surface area contributed by atoms with Gasteiger partial charge in [0.15, 0.2) is 0 Å². The van der Waals surface area contributed by atoms with Crippen molar-refractivity contribution in [2.75, 3.05) is 7.11 Å². The number of hydrogen-bond donors (Lipinski definition) is 0. The highest BCUT2D eigenvalue weighted by molar-refractivity contribution is 5.94. The molecule has 0 fully saturated rings. The third-order valence-electron chi connectivity index (χ3n) is 3.75. The van der Waals surface area contributed by atoms with Crippen molar-refractivity contribution in [1.29, 1.82) is 0 Å². The van der Waals surface area contributed by atoms with E-state index in [0.29, 0.717) is 0 Å². The molecule has 3 aromatic rings. The van der Waals surface area contributed by atoms with E-state index >= 15 is 0 Å². The van der Waals surface area contributed by atoms with Crippen molar-refractivity contribution in [3.8, 4) is 16.9 Å². The maximum atomic E-state index is 12.5. The van der Waals surface area contributed by atoms with Gasteiger partial charge in [0.05, 0.1) is 12.6 Å². The van der Waals surface area contributed by atoms with E-state index in [1.165, 1.54) is 0 Å². The van der Waals surface area contributed by atoms with E-state index in [4.69, 9.17) is 4.74 Å². The van der Waals surface area contributed by atoms with Crippen molar-refractivity contribution in [2.45, 2.75) is 19.9 Å². The number of aromatic nitrogens is 2. The van der Waals surface area contributed by atoms with E-state index in [2.05, 4.69) is 4.98 Å². The highest BCUT2D eigenvalue weighted by Crippen LogP contribution is 2.29. The molecule has 2 heterocycles. The van der Waals surface area contributed by atoms with E-state index in [0.717, 1.165) is 27.8 Å². The number of benzene rings is 1. The number of nitrogens with zero attached hydrogens (tertiary/aromatic N) is 2. The topological polar surface area (TPSA) is 44.1 Å². The zero-order valence-electron chi connectivity index (χ0n) is 12.9. The first-order chi connectivity index (χ1) is 10.6. The molecular weight excluding hydrogens is 276 g/mol. The van der Waals surface area contributed by atoms with Gasteiger partial charge in [0, 0.05) is 29.9 Å². The minimum absolute atomic E-state index is 0.00785. The predicted octanol–water partition coefficient (Wildman–Crippen LogP) is 3.65. The molecule has 0 aliphatic carbocycles. The normalized spacial score (nSPS) is 11.1. The minimum Gasteiger partial charge on any atom is -0.497 e. The van der Waals surface area contributed by atoms with Gasteiger partial charge in [-0.2, -0.15) is 0 Å². The Balaban J connectivity index is 2.36. The van der Waals surface area contributed by atoms with E-state index in [9.17, 15) is 4.79 Å². The Morgan fingerprint density at radius 1 is 1.18 bits per heavy atom. The van der Waals surface area contributed by atoms with E-state index in [-0.39, 0.29) is 11.6 Å².